The van der Waals surface area contributed by atoms with E-state index in [2.05, 4.69) is 15.3 Å². The number of carbonyl (C=O) groups excluding carboxylic acids is 3. The van der Waals surface area contributed by atoms with Gasteiger partial charge in [-0.1, -0.05) is 11.6 Å². The summed E-state index contributed by atoms with van der Waals surface area (Å²) in [5.74, 6) is -2.88. The van der Waals surface area contributed by atoms with E-state index >= 15 is 0 Å². The number of likely N-dealkylation sites (N-methyl/N-ethyl adjacent to an activating group) is 1. The number of nitrogens with zero attached hydrogens (tertiary/aromatic N) is 4. The van der Waals surface area contributed by atoms with E-state index in [4.69, 9.17) is 16.3 Å². The van der Waals surface area contributed by atoms with Gasteiger partial charge >= 0.3 is 0 Å². The number of amides is 3. The van der Waals surface area contributed by atoms with Crippen LogP contribution in [0.3, 0.4) is 0 Å². The fourth-order valence-electron chi connectivity index (χ4n) is 3.46. The van der Waals surface area contributed by atoms with Crippen LogP contribution in [0.2, 0.25) is 5.02 Å². The van der Waals surface area contributed by atoms with Gasteiger partial charge in [0.05, 0.1) is 6.42 Å². The maximum absolute atomic E-state index is 14.4. The predicted molar refractivity (Wildman–Crippen MR) is 106 cm³/mol. The Bertz CT molecular complexity index is 1080. The van der Waals surface area contributed by atoms with Crippen molar-refractivity contribution >= 4 is 52.5 Å². The molecule has 3 heterocycles. The minimum Gasteiger partial charge on any atom is -0.372 e. The van der Waals surface area contributed by atoms with Gasteiger partial charge in [0.1, 0.15) is 11.1 Å². The number of hydrogen-bond donors (Lipinski definition) is 1. The Morgan fingerprint density at radius 3 is 2.73 bits per heavy atom. The molecule has 4 rings (SSSR count). The van der Waals surface area contributed by atoms with Gasteiger partial charge in [-0.05, 0) is 30.2 Å². The summed E-state index contributed by atoms with van der Waals surface area (Å²) in [6.45, 7) is 0. The number of piperidine rings is 1. The van der Waals surface area contributed by atoms with Crippen molar-refractivity contribution in [2.24, 2.45) is 0 Å². The van der Waals surface area contributed by atoms with E-state index in [0.717, 1.165) is 11.3 Å². The average Bonchev–Trinajstić information content (AvgIpc) is 2.99. The third-order valence-electron chi connectivity index (χ3n) is 5.07. The van der Waals surface area contributed by atoms with Gasteiger partial charge in [-0.25, -0.2) is 4.90 Å². The third-order valence-corrected chi connectivity index (χ3v) is 5.40. The highest BCUT2D eigenvalue weighted by atomic mass is 35.5. The monoisotopic (exact) mass is 433 g/mol. The largest absolute Gasteiger partial charge is 0.372 e. The Morgan fingerprint density at radius 2 is 2.00 bits per heavy atom. The van der Waals surface area contributed by atoms with Crippen LogP contribution in [-0.4, -0.2) is 48.0 Å². The lowest BCUT2D eigenvalue weighted by molar-refractivity contribution is -0.137. The van der Waals surface area contributed by atoms with Crippen LogP contribution >= 0.6 is 11.6 Å². The summed E-state index contributed by atoms with van der Waals surface area (Å²) in [4.78, 5) is 46.6. The minimum atomic E-state index is -1.08. The molecule has 0 bridgehead atoms. The van der Waals surface area contributed by atoms with Gasteiger partial charge < -0.3 is 15.0 Å². The van der Waals surface area contributed by atoms with E-state index in [1.807, 2.05) is 0 Å². The molecule has 0 unspecified atom stereocenters. The molecule has 2 aromatic rings. The molecule has 1 saturated heterocycles. The molecule has 9 nitrogen and oxygen atoms in total. The summed E-state index contributed by atoms with van der Waals surface area (Å²) in [5, 5.41) is 2.48. The van der Waals surface area contributed by atoms with Crippen molar-refractivity contribution in [3.63, 3.8) is 0 Å². The first-order chi connectivity index (χ1) is 14.3. The van der Waals surface area contributed by atoms with Gasteiger partial charge in [0, 0.05) is 32.0 Å². The van der Waals surface area contributed by atoms with Crippen LogP contribution in [0.25, 0.3) is 0 Å². The molecular formula is C19H17ClFN5O4. The van der Waals surface area contributed by atoms with Crippen molar-refractivity contribution < 1.29 is 23.5 Å². The lowest BCUT2D eigenvalue weighted by Gasteiger charge is -2.28. The fourth-order valence-corrected chi connectivity index (χ4v) is 3.59. The van der Waals surface area contributed by atoms with E-state index in [9.17, 15) is 18.8 Å². The van der Waals surface area contributed by atoms with Crippen LogP contribution in [0, 0.1) is 5.95 Å². The number of hydrogen-bond acceptors (Lipinski definition) is 7. The standard InChI is InChI=1S/C19H17ClFN5O4/c1-25-11-4-3-10(7-9(11)8-14(25)28)22-17-15(20)16(21)23-19(24-17)26-13(27)6-5-12(30-2)18(26)29/h3-4,7,12H,5-6,8H2,1-2H3,(H,22,23,24)/t12-/m1/s1. The normalized spacial score (nSPS) is 18.8. The maximum Gasteiger partial charge on any atom is 0.265 e. The first-order valence-corrected chi connectivity index (χ1v) is 9.47. The van der Waals surface area contributed by atoms with Crippen LogP contribution in [0.15, 0.2) is 18.2 Å². The van der Waals surface area contributed by atoms with Crippen LogP contribution < -0.4 is 15.1 Å². The molecule has 156 valence electrons. The van der Waals surface area contributed by atoms with Crippen LogP contribution in [0.5, 0.6) is 0 Å². The minimum absolute atomic E-state index is 0.0347. The smallest absolute Gasteiger partial charge is 0.265 e. The lowest BCUT2D eigenvalue weighted by Crippen LogP contribution is -2.49. The lowest BCUT2D eigenvalue weighted by atomic mass is 10.1. The Hall–Kier alpha value is -3.11. The summed E-state index contributed by atoms with van der Waals surface area (Å²) in [5.41, 5.74) is 2.08. The zero-order valence-corrected chi connectivity index (χ0v) is 16.9. The van der Waals surface area contributed by atoms with E-state index < -0.39 is 34.8 Å². The maximum atomic E-state index is 14.4. The Morgan fingerprint density at radius 1 is 1.23 bits per heavy atom. The Kier molecular flexibility index (Phi) is 5.12. The number of benzene rings is 1. The van der Waals surface area contributed by atoms with Crippen molar-refractivity contribution in [2.45, 2.75) is 25.4 Å². The zero-order valence-electron chi connectivity index (χ0n) is 16.1. The molecule has 1 fully saturated rings. The SMILES string of the molecule is CO[C@@H]1CCC(=O)N(c2nc(F)c(Cl)c(Nc3ccc4c(c3)CC(=O)N4C)n2)C1=O. The fraction of sp³-hybridized carbons (Fsp3) is 0.316. The van der Waals surface area contributed by atoms with E-state index in [1.54, 1.807) is 30.1 Å². The van der Waals surface area contributed by atoms with Gasteiger partial charge in [0.25, 0.3) is 5.91 Å². The molecule has 0 aliphatic carbocycles. The second-order valence-electron chi connectivity index (χ2n) is 6.91. The number of methoxy groups -OCH3 is 1. The summed E-state index contributed by atoms with van der Waals surface area (Å²) >= 11 is 6.01. The van der Waals surface area contributed by atoms with Gasteiger partial charge in [-0.15, -0.1) is 0 Å². The number of aromatic nitrogens is 2. The number of nitrogens with one attached hydrogen (secondary N) is 1. The number of imide groups is 1. The number of anilines is 4. The number of fused-ring (bicyclic) bond motifs is 1. The molecule has 1 N–H and O–H groups in total. The first-order valence-electron chi connectivity index (χ1n) is 9.09. The summed E-state index contributed by atoms with van der Waals surface area (Å²) in [6.07, 6.45) is -0.331. The highest BCUT2D eigenvalue weighted by Crippen LogP contribution is 2.33. The predicted octanol–water partition coefficient (Wildman–Crippen LogP) is 2.20. The Labute approximate surface area is 175 Å². The van der Waals surface area contributed by atoms with Gasteiger partial charge in [0.2, 0.25) is 23.7 Å². The second kappa shape index (κ2) is 7.62. The van der Waals surface area contributed by atoms with Gasteiger partial charge in [0.15, 0.2) is 5.82 Å². The third kappa shape index (κ3) is 3.37. The molecule has 0 saturated carbocycles. The molecule has 30 heavy (non-hydrogen) atoms. The molecule has 1 aromatic heterocycles. The van der Waals surface area contributed by atoms with Crippen molar-refractivity contribution in [1.29, 1.82) is 0 Å². The Balaban J connectivity index is 1.68. The molecular weight excluding hydrogens is 417 g/mol. The molecule has 0 spiro atoms. The molecule has 0 radical (unpaired) electrons. The number of ether oxygens (including phenoxy) is 1. The molecule has 1 aromatic carbocycles. The molecule has 2 aliphatic heterocycles. The van der Waals surface area contributed by atoms with Crippen molar-refractivity contribution in [3.8, 4) is 0 Å². The zero-order chi connectivity index (χ0) is 21.6. The van der Waals surface area contributed by atoms with Crippen LogP contribution in [0.1, 0.15) is 18.4 Å². The van der Waals surface area contributed by atoms with E-state index in [1.165, 1.54) is 7.11 Å². The summed E-state index contributed by atoms with van der Waals surface area (Å²) in [6, 6.07) is 5.16. The average molecular weight is 434 g/mol. The topological polar surface area (TPSA) is 105 Å². The van der Waals surface area contributed by atoms with Crippen LogP contribution in [0.4, 0.5) is 27.5 Å². The quantitative estimate of drug-likeness (QED) is 0.582. The molecule has 2 aliphatic rings. The molecule has 1 atom stereocenters. The molecule has 11 heteroatoms. The highest BCUT2D eigenvalue weighted by molar-refractivity contribution is 6.33. The van der Waals surface area contributed by atoms with E-state index in [-0.39, 0.29) is 31.0 Å². The van der Waals surface area contributed by atoms with Crippen molar-refractivity contribution in [2.75, 3.05) is 29.3 Å². The first kappa shape index (κ1) is 20.2. The number of halogens is 2. The van der Waals surface area contributed by atoms with Crippen molar-refractivity contribution in [3.05, 3.63) is 34.7 Å². The number of carbonyl (C=O) groups is 3. The second-order valence-corrected chi connectivity index (χ2v) is 7.28. The highest BCUT2D eigenvalue weighted by Gasteiger charge is 2.38. The van der Waals surface area contributed by atoms with Gasteiger partial charge in [-0.3, -0.25) is 14.4 Å². The van der Waals surface area contributed by atoms with Crippen LogP contribution in [-0.2, 0) is 25.5 Å². The van der Waals surface area contributed by atoms with Gasteiger partial charge in [-0.2, -0.15) is 14.4 Å². The summed E-state index contributed by atoms with van der Waals surface area (Å²) in [7, 11) is 3.03. The van der Waals surface area contributed by atoms with Crippen molar-refractivity contribution in [1.82, 2.24) is 9.97 Å². The number of rotatable bonds is 4. The van der Waals surface area contributed by atoms with E-state index in [0.29, 0.717) is 10.6 Å². The summed E-state index contributed by atoms with van der Waals surface area (Å²) < 4.78 is 19.5. The molecule has 3 amide bonds.